The zero-order valence-electron chi connectivity index (χ0n) is 11.1. The second kappa shape index (κ2) is 11.0. The van der Waals surface area contributed by atoms with Crippen LogP contribution in [-0.2, 0) is 14.2 Å². The molecule has 4 heteroatoms. The molecule has 0 aliphatic carbocycles. The lowest BCUT2D eigenvalue weighted by molar-refractivity contribution is 0.0496. The van der Waals surface area contributed by atoms with Crippen LogP contribution in [0.5, 0.6) is 0 Å². The first-order chi connectivity index (χ1) is 8.43. The predicted octanol–water partition coefficient (Wildman–Crippen LogP) is 1.59. The van der Waals surface area contributed by atoms with Gasteiger partial charge in [-0.1, -0.05) is 6.42 Å². The average molecular weight is 245 g/mol. The summed E-state index contributed by atoms with van der Waals surface area (Å²) < 4.78 is 15.8. The molecule has 1 aliphatic rings. The number of nitrogens with one attached hydrogen (secondary N) is 1. The van der Waals surface area contributed by atoms with E-state index in [2.05, 4.69) is 5.32 Å². The second-order valence-corrected chi connectivity index (χ2v) is 4.51. The van der Waals surface area contributed by atoms with Crippen molar-refractivity contribution in [3.8, 4) is 0 Å². The SMILES string of the molecule is COCCOCCCOCCC1CCCCN1. The van der Waals surface area contributed by atoms with Gasteiger partial charge in [0, 0.05) is 33.0 Å². The van der Waals surface area contributed by atoms with Crippen LogP contribution in [0.4, 0.5) is 0 Å². The van der Waals surface area contributed by atoms with Crippen molar-refractivity contribution >= 4 is 0 Å². The molecule has 0 saturated carbocycles. The van der Waals surface area contributed by atoms with E-state index < -0.39 is 0 Å². The van der Waals surface area contributed by atoms with Gasteiger partial charge in [0.1, 0.15) is 0 Å². The molecule has 0 aromatic carbocycles. The minimum atomic E-state index is 0.675. The van der Waals surface area contributed by atoms with Crippen molar-refractivity contribution < 1.29 is 14.2 Å². The number of ether oxygens (including phenoxy) is 3. The average Bonchev–Trinajstić information content (AvgIpc) is 2.38. The Morgan fingerprint density at radius 1 is 1.00 bits per heavy atom. The number of hydrogen-bond acceptors (Lipinski definition) is 4. The Labute approximate surface area is 105 Å². The maximum atomic E-state index is 5.59. The molecule has 0 radical (unpaired) electrons. The topological polar surface area (TPSA) is 39.7 Å². The molecule has 0 aromatic rings. The van der Waals surface area contributed by atoms with Crippen LogP contribution >= 0.6 is 0 Å². The molecule has 0 amide bonds. The fraction of sp³-hybridized carbons (Fsp3) is 1.00. The number of rotatable bonds is 10. The van der Waals surface area contributed by atoms with E-state index in [1.54, 1.807) is 7.11 Å². The molecule has 0 aromatic heterocycles. The summed E-state index contributed by atoms with van der Waals surface area (Å²) >= 11 is 0. The highest BCUT2D eigenvalue weighted by atomic mass is 16.5. The molecule has 0 spiro atoms. The molecule has 1 atom stereocenters. The Balaban J connectivity index is 1.75. The minimum absolute atomic E-state index is 0.675. The zero-order chi connectivity index (χ0) is 12.2. The first-order valence-electron chi connectivity index (χ1n) is 6.81. The summed E-state index contributed by atoms with van der Waals surface area (Å²) in [7, 11) is 1.69. The summed E-state index contributed by atoms with van der Waals surface area (Å²) in [6.07, 6.45) is 6.12. The van der Waals surface area contributed by atoms with Crippen LogP contribution < -0.4 is 5.32 Å². The molecule has 1 aliphatic heterocycles. The van der Waals surface area contributed by atoms with Gasteiger partial charge in [0.25, 0.3) is 0 Å². The van der Waals surface area contributed by atoms with E-state index in [0.717, 1.165) is 32.7 Å². The van der Waals surface area contributed by atoms with Crippen LogP contribution in [0.2, 0.25) is 0 Å². The van der Waals surface area contributed by atoms with E-state index in [1.165, 1.54) is 25.8 Å². The maximum Gasteiger partial charge on any atom is 0.0700 e. The van der Waals surface area contributed by atoms with Crippen LogP contribution in [-0.4, -0.2) is 52.7 Å². The van der Waals surface area contributed by atoms with Gasteiger partial charge in [-0.25, -0.2) is 0 Å². The highest BCUT2D eigenvalue weighted by molar-refractivity contribution is 4.71. The van der Waals surface area contributed by atoms with E-state index in [0.29, 0.717) is 19.3 Å². The molecule has 1 rings (SSSR count). The third-order valence-corrected chi connectivity index (χ3v) is 3.03. The van der Waals surface area contributed by atoms with Crippen LogP contribution in [0.1, 0.15) is 32.1 Å². The van der Waals surface area contributed by atoms with E-state index in [1.807, 2.05) is 0 Å². The monoisotopic (exact) mass is 245 g/mol. The second-order valence-electron chi connectivity index (χ2n) is 4.51. The highest BCUT2D eigenvalue weighted by Crippen LogP contribution is 2.09. The summed E-state index contributed by atoms with van der Waals surface area (Å²) in [4.78, 5) is 0. The van der Waals surface area contributed by atoms with E-state index in [4.69, 9.17) is 14.2 Å². The Morgan fingerprint density at radius 3 is 2.53 bits per heavy atom. The lowest BCUT2D eigenvalue weighted by Crippen LogP contribution is -2.34. The van der Waals surface area contributed by atoms with Crippen molar-refractivity contribution in [1.29, 1.82) is 0 Å². The highest BCUT2D eigenvalue weighted by Gasteiger charge is 2.11. The van der Waals surface area contributed by atoms with E-state index in [-0.39, 0.29) is 0 Å². The third kappa shape index (κ3) is 8.55. The molecule has 17 heavy (non-hydrogen) atoms. The van der Waals surface area contributed by atoms with Crippen LogP contribution in [0.25, 0.3) is 0 Å². The van der Waals surface area contributed by atoms with Gasteiger partial charge in [0.15, 0.2) is 0 Å². The Morgan fingerprint density at radius 2 is 1.82 bits per heavy atom. The molecule has 102 valence electrons. The normalized spacial score (nSPS) is 20.6. The summed E-state index contributed by atoms with van der Waals surface area (Å²) in [6.45, 7) is 4.98. The molecule has 1 fully saturated rings. The van der Waals surface area contributed by atoms with Gasteiger partial charge in [0.2, 0.25) is 0 Å². The Kier molecular flexibility index (Phi) is 9.61. The lowest BCUT2D eigenvalue weighted by atomic mass is 10.0. The van der Waals surface area contributed by atoms with E-state index in [9.17, 15) is 0 Å². The largest absolute Gasteiger partial charge is 0.382 e. The van der Waals surface area contributed by atoms with Crippen LogP contribution in [0.15, 0.2) is 0 Å². The molecule has 4 nitrogen and oxygen atoms in total. The maximum absolute atomic E-state index is 5.59. The van der Waals surface area contributed by atoms with Gasteiger partial charge in [0.05, 0.1) is 13.2 Å². The van der Waals surface area contributed by atoms with E-state index >= 15 is 0 Å². The van der Waals surface area contributed by atoms with Gasteiger partial charge >= 0.3 is 0 Å². The molecule has 1 unspecified atom stereocenters. The van der Waals surface area contributed by atoms with Crippen molar-refractivity contribution in [2.24, 2.45) is 0 Å². The number of methoxy groups -OCH3 is 1. The Bertz CT molecular complexity index is 161. The van der Waals surface area contributed by atoms with Crippen molar-refractivity contribution in [1.82, 2.24) is 5.32 Å². The third-order valence-electron chi connectivity index (χ3n) is 3.03. The van der Waals surface area contributed by atoms with Crippen LogP contribution in [0, 0.1) is 0 Å². The molecular formula is C13H27NO3. The number of piperidine rings is 1. The van der Waals surface area contributed by atoms with Gasteiger partial charge in [-0.2, -0.15) is 0 Å². The molecule has 0 bridgehead atoms. The quantitative estimate of drug-likeness (QED) is 0.593. The van der Waals surface area contributed by atoms with Crippen LogP contribution in [0.3, 0.4) is 0 Å². The molecular weight excluding hydrogens is 218 g/mol. The fourth-order valence-electron chi connectivity index (χ4n) is 2.01. The number of hydrogen-bond donors (Lipinski definition) is 1. The summed E-state index contributed by atoms with van der Waals surface area (Å²) in [6, 6.07) is 0.682. The lowest BCUT2D eigenvalue weighted by Gasteiger charge is -2.23. The first kappa shape index (κ1) is 14.9. The minimum Gasteiger partial charge on any atom is -0.382 e. The summed E-state index contributed by atoms with van der Waals surface area (Å²) in [5.41, 5.74) is 0. The smallest absolute Gasteiger partial charge is 0.0700 e. The van der Waals surface area contributed by atoms with Gasteiger partial charge in [-0.15, -0.1) is 0 Å². The van der Waals surface area contributed by atoms with Gasteiger partial charge in [-0.05, 0) is 32.2 Å². The van der Waals surface area contributed by atoms with Gasteiger partial charge < -0.3 is 19.5 Å². The first-order valence-corrected chi connectivity index (χ1v) is 6.81. The standard InChI is InChI=1S/C13H27NO3/c1-15-11-12-17-9-4-8-16-10-6-13-5-2-3-7-14-13/h13-14H,2-12H2,1H3. The predicted molar refractivity (Wildman–Crippen MR) is 68.4 cm³/mol. The molecule has 1 N–H and O–H groups in total. The van der Waals surface area contributed by atoms with Crippen molar-refractivity contribution in [3.05, 3.63) is 0 Å². The van der Waals surface area contributed by atoms with Crippen molar-refractivity contribution in [3.63, 3.8) is 0 Å². The summed E-state index contributed by atoms with van der Waals surface area (Å²) in [5.74, 6) is 0. The molecule has 1 saturated heterocycles. The molecule has 1 heterocycles. The summed E-state index contributed by atoms with van der Waals surface area (Å²) in [5, 5.41) is 3.53. The van der Waals surface area contributed by atoms with Crippen molar-refractivity contribution in [2.45, 2.75) is 38.1 Å². The Hall–Kier alpha value is -0.160. The van der Waals surface area contributed by atoms with Crippen molar-refractivity contribution in [2.75, 3.05) is 46.7 Å². The fourth-order valence-corrected chi connectivity index (χ4v) is 2.01. The van der Waals surface area contributed by atoms with Gasteiger partial charge in [-0.3, -0.25) is 0 Å². The zero-order valence-corrected chi connectivity index (χ0v) is 11.1.